The molecule has 138 valence electrons. The van der Waals surface area contributed by atoms with Crippen LogP contribution < -0.4 is 10.0 Å². The van der Waals surface area contributed by atoms with Gasteiger partial charge in [-0.2, -0.15) is 0 Å². The molecule has 26 heavy (non-hydrogen) atoms. The molecule has 2 N–H and O–H groups in total. The molecule has 1 fully saturated rings. The molecule has 0 heterocycles. The second kappa shape index (κ2) is 8.01. The average molecular weight is 372 g/mol. The molecule has 0 aliphatic heterocycles. The monoisotopic (exact) mass is 372 g/mol. The molecule has 1 aliphatic carbocycles. The zero-order valence-corrected chi connectivity index (χ0v) is 15.7. The number of nitrogens with one attached hydrogen (secondary N) is 2. The van der Waals surface area contributed by atoms with Crippen LogP contribution in [0.5, 0.6) is 0 Å². The largest absolute Gasteiger partial charge is 0.349 e. The second-order valence-electron chi connectivity index (χ2n) is 6.79. The van der Waals surface area contributed by atoms with Gasteiger partial charge in [0.15, 0.2) is 0 Å². The van der Waals surface area contributed by atoms with Gasteiger partial charge in [0.1, 0.15) is 0 Å². The van der Waals surface area contributed by atoms with Gasteiger partial charge in [-0.05, 0) is 49.6 Å². The van der Waals surface area contributed by atoms with E-state index in [9.17, 15) is 13.2 Å². The Hall–Kier alpha value is -2.18. The van der Waals surface area contributed by atoms with E-state index in [2.05, 4.69) is 10.0 Å². The van der Waals surface area contributed by atoms with Crippen molar-refractivity contribution in [2.45, 2.75) is 50.1 Å². The van der Waals surface area contributed by atoms with Crippen molar-refractivity contribution in [2.75, 3.05) is 0 Å². The van der Waals surface area contributed by atoms with Crippen LogP contribution in [0, 0.1) is 6.92 Å². The number of carbonyl (C=O) groups excluding carboxylic acids is 1. The molecule has 0 unspecified atom stereocenters. The van der Waals surface area contributed by atoms with Gasteiger partial charge in [0.2, 0.25) is 10.0 Å². The summed E-state index contributed by atoms with van der Waals surface area (Å²) in [5, 5.41) is 3.00. The Balaban J connectivity index is 1.63. The van der Waals surface area contributed by atoms with Crippen LogP contribution in [0.25, 0.3) is 0 Å². The molecule has 1 aliphatic rings. The molecule has 3 rings (SSSR count). The summed E-state index contributed by atoms with van der Waals surface area (Å²) in [5.41, 5.74) is 2.47. The summed E-state index contributed by atoms with van der Waals surface area (Å²) in [4.78, 5) is 12.4. The third-order valence-corrected chi connectivity index (χ3v) is 6.08. The molecule has 0 radical (unpaired) electrons. The molecule has 0 atom stereocenters. The standard InChI is InChI=1S/C20H24N2O3S/c1-15-5-4-6-16(13-15)14-21-26(24,25)19-11-9-17(10-12-19)20(23)22-18-7-2-3-8-18/h4-6,9-13,18,21H,2-3,7-8,14H2,1H3,(H,22,23). The molecular weight excluding hydrogens is 348 g/mol. The normalized spacial score (nSPS) is 15.1. The molecule has 2 aromatic carbocycles. The molecular formula is C20H24N2O3S. The van der Waals surface area contributed by atoms with Crippen molar-refractivity contribution in [3.05, 3.63) is 65.2 Å². The smallest absolute Gasteiger partial charge is 0.251 e. The molecule has 0 bridgehead atoms. The van der Waals surface area contributed by atoms with Crippen molar-refractivity contribution >= 4 is 15.9 Å². The Morgan fingerprint density at radius 1 is 1.08 bits per heavy atom. The van der Waals surface area contributed by atoms with Gasteiger partial charge in [0, 0.05) is 18.2 Å². The highest BCUT2D eigenvalue weighted by Gasteiger charge is 2.19. The minimum atomic E-state index is -3.62. The van der Waals surface area contributed by atoms with Crippen molar-refractivity contribution < 1.29 is 13.2 Å². The zero-order chi connectivity index (χ0) is 18.6. The van der Waals surface area contributed by atoms with E-state index in [4.69, 9.17) is 0 Å². The molecule has 0 aromatic heterocycles. The van der Waals surface area contributed by atoms with Crippen LogP contribution in [0.4, 0.5) is 0 Å². The summed E-state index contributed by atoms with van der Waals surface area (Å²) < 4.78 is 27.5. The lowest BCUT2D eigenvalue weighted by molar-refractivity contribution is 0.0938. The number of hydrogen-bond acceptors (Lipinski definition) is 3. The summed E-state index contributed by atoms with van der Waals surface area (Å²) in [6, 6.07) is 14.0. The third kappa shape index (κ3) is 4.71. The fourth-order valence-corrected chi connectivity index (χ4v) is 4.23. The van der Waals surface area contributed by atoms with Gasteiger partial charge >= 0.3 is 0 Å². The topological polar surface area (TPSA) is 75.3 Å². The summed E-state index contributed by atoms with van der Waals surface area (Å²) in [6.45, 7) is 2.20. The fraction of sp³-hybridized carbons (Fsp3) is 0.350. The van der Waals surface area contributed by atoms with Crippen LogP contribution in [-0.4, -0.2) is 20.4 Å². The second-order valence-corrected chi connectivity index (χ2v) is 8.56. The predicted molar refractivity (Wildman–Crippen MR) is 101 cm³/mol. The Morgan fingerprint density at radius 3 is 2.42 bits per heavy atom. The first-order valence-corrected chi connectivity index (χ1v) is 10.4. The number of hydrogen-bond donors (Lipinski definition) is 2. The summed E-state index contributed by atoms with van der Waals surface area (Å²) in [6.07, 6.45) is 4.33. The highest BCUT2D eigenvalue weighted by atomic mass is 32.2. The number of rotatable bonds is 6. The molecule has 6 heteroatoms. The summed E-state index contributed by atoms with van der Waals surface area (Å²) in [7, 11) is -3.62. The quantitative estimate of drug-likeness (QED) is 0.818. The number of aryl methyl sites for hydroxylation is 1. The van der Waals surface area contributed by atoms with Gasteiger partial charge in [-0.1, -0.05) is 42.7 Å². The van der Waals surface area contributed by atoms with Gasteiger partial charge in [-0.25, -0.2) is 13.1 Å². The number of amides is 1. The van der Waals surface area contributed by atoms with Crippen molar-refractivity contribution in [3.63, 3.8) is 0 Å². The van der Waals surface area contributed by atoms with Crippen LogP contribution >= 0.6 is 0 Å². The number of carbonyl (C=O) groups is 1. The van der Waals surface area contributed by atoms with Gasteiger partial charge in [-0.15, -0.1) is 0 Å². The first-order valence-electron chi connectivity index (χ1n) is 8.90. The van der Waals surface area contributed by atoms with E-state index >= 15 is 0 Å². The van der Waals surface area contributed by atoms with E-state index in [1.807, 2.05) is 31.2 Å². The number of benzene rings is 2. The maximum atomic E-state index is 12.4. The van der Waals surface area contributed by atoms with Crippen LogP contribution in [0.3, 0.4) is 0 Å². The van der Waals surface area contributed by atoms with Crippen LogP contribution in [0.2, 0.25) is 0 Å². The molecule has 1 saturated carbocycles. The lowest BCUT2D eigenvalue weighted by Crippen LogP contribution is -2.32. The van der Waals surface area contributed by atoms with Gasteiger partial charge in [-0.3, -0.25) is 4.79 Å². The molecule has 0 spiro atoms. The van der Waals surface area contributed by atoms with Crippen LogP contribution in [-0.2, 0) is 16.6 Å². The fourth-order valence-electron chi connectivity index (χ4n) is 3.21. The zero-order valence-electron chi connectivity index (χ0n) is 14.9. The lowest BCUT2D eigenvalue weighted by atomic mass is 10.1. The van der Waals surface area contributed by atoms with Crippen molar-refractivity contribution in [1.29, 1.82) is 0 Å². The maximum absolute atomic E-state index is 12.4. The molecule has 0 saturated heterocycles. The van der Waals surface area contributed by atoms with Crippen molar-refractivity contribution in [1.82, 2.24) is 10.0 Å². The van der Waals surface area contributed by atoms with Gasteiger partial charge in [0.05, 0.1) is 4.90 Å². The van der Waals surface area contributed by atoms with E-state index in [1.165, 1.54) is 12.1 Å². The first-order chi connectivity index (χ1) is 12.4. The number of sulfonamides is 1. The minimum Gasteiger partial charge on any atom is -0.349 e. The minimum absolute atomic E-state index is 0.145. The Bertz CT molecular complexity index is 870. The Labute approximate surface area is 154 Å². The molecule has 1 amide bonds. The van der Waals surface area contributed by atoms with Crippen LogP contribution in [0.15, 0.2) is 53.4 Å². The van der Waals surface area contributed by atoms with E-state index in [1.54, 1.807) is 12.1 Å². The Morgan fingerprint density at radius 2 is 1.77 bits per heavy atom. The maximum Gasteiger partial charge on any atom is 0.251 e. The van der Waals surface area contributed by atoms with Crippen molar-refractivity contribution in [3.8, 4) is 0 Å². The lowest BCUT2D eigenvalue weighted by Gasteiger charge is -2.12. The van der Waals surface area contributed by atoms with E-state index in [0.29, 0.717) is 5.56 Å². The van der Waals surface area contributed by atoms with Gasteiger partial charge < -0.3 is 5.32 Å². The highest BCUT2D eigenvalue weighted by Crippen LogP contribution is 2.18. The summed E-state index contributed by atoms with van der Waals surface area (Å²) >= 11 is 0. The third-order valence-electron chi connectivity index (χ3n) is 4.67. The Kier molecular flexibility index (Phi) is 5.74. The van der Waals surface area contributed by atoms with Crippen molar-refractivity contribution in [2.24, 2.45) is 0 Å². The first kappa shape index (κ1) is 18.6. The van der Waals surface area contributed by atoms with E-state index in [0.717, 1.165) is 36.8 Å². The van der Waals surface area contributed by atoms with E-state index < -0.39 is 10.0 Å². The molecule has 2 aromatic rings. The SMILES string of the molecule is Cc1cccc(CNS(=O)(=O)c2ccc(C(=O)NC3CCCC3)cc2)c1. The predicted octanol–water partition coefficient (Wildman–Crippen LogP) is 3.15. The van der Waals surface area contributed by atoms with Gasteiger partial charge in [0.25, 0.3) is 5.91 Å². The summed E-state index contributed by atoms with van der Waals surface area (Å²) in [5.74, 6) is -0.145. The average Bonchev–Trinajstić information content (AvgIpc) is 3.13. The van der Waals surface area contributed by atoms with E-state index in [-0.39, 0.29) is 23.4 Å². The van der Waals surface area contributed by atoms with Crippen LogP contribution in [0.1, 0.15) is 47.2 Å². The highest BCUT2D eigenvalue weighted by molar-refractivity contribution is 7.89. The molecule has 5 nitrogen and oxygen atoms in total.